The Labute approximate surface area is 102 Å². The molecule has 0 saturated carbocycles. The van der Waals surface area contributed by atoms with E-state index in [1.807, 2.05) is 0 Å². The van der Waals surface area contributed by atoms with Gasteiger partial charge in [-0.25, -0.2) is 4.39 Å². The Morgan fingerprint density at radius 1 is 1.50 bits per heavy atom. The van der Waals surface area contributed by atoms with Gasteiger partial charge < -0.3 is 5.73 Å². The van der Waals surface area contributed by atoms with E-state index >= 15 is 0 Å². The molecule has 84 valence electrons. The number of nitrogens with zero attached hydrogens (tertiary/aromatic N) is 1. The summed E-state index contributed by atoms with van der Waals surface area (Å²) in [6, 6.07) is 4.41. The van der Waals surface area contributed by atoms with E-state index in [2.05, 4.69) is 4.98 Å². The monoisotopic (exact) mass is 256 g/mol. The van der Waals surface area contributed by atoms with Crippen molar-refractivity contribution in [2.75, 3.05) is 0 Å². The number of thiazole rings is 1. The molecule has 1 aromatic heterocycles. The van der Waals surface area contributed by atoms with Crippen molar-refractivity contribution in [2.24, 2.45) is 5.73 Å². The van der Waals surface area contributed by atoms with Gasteiger partial charge in [0.05, 0.1) is 5.51 Å². The maximum Gasteiger partial charge on any atom is 0.127 e. The molecule has 1 unspecified atom stereocenters. The van der Waals surface area contributed by atoms with Crippen LogP contribution in [0.5, 0.6) is 0 Å². The molecule has 0 bridgehead atoms. The van der Waals surface area contributed by atoms with Crippen LogP contribution in [0.15, 0.2) is 29.9 Å². The lowest BCUT2D eigenvalue weighted by molar-refractivity contribution is 0.595. The van der Waals surface area contributed by atoms with E-state index < -0.39 is 0 Å². The normalized spacial score (nSPS) is 12.7. The molecule has 0 aliphatic heterocycles. The summed E-state index contributed by atoms with van der Waals surface area (Å²) in [6.07, 6.45) is 2.16. The van der Waals surface area contributed by atoms with E-state index in [4.69, 9.17) is 17.3 Å². The van der Waals surface area contributed by atoms with Crippen LogP contribution in [-0.4, -0.2) is 4.98 Å². The Morgan fingerprint density at radius 2 is 2.31 bits per heavy atom. The second-order valence-corrected chi connectivity index (χ2v) is 4.80. The van der Waals surface area contributed by atoms with Crippen molar-refractivity contribution >= 4 is 22.9 Å². The van der Waals surface area contributed by atoms with Gasteiger partial charge >= 0.3 is 0 Å². The molecule has 0 saturated heterocycles. The average molecular weight is 257 g/mol. The lowest BCUT2D eigenvalue weighted by Gasteiger charge is -2.09. The molecular weight excluding hydrogens is 247 g/mol. The Bertz CT molecular complexity index is 473. The molecule has 5 heteroatoms. The molecule has 0 aliphatic carbocycles. The summed E-state index contributed by atoms with van der Waals surface area (Å²) < 4.78 is 13.5. The highest BCUT2D eigenvalue weighted by atomic mass is 35.5. The number of halogens is 2. The van der Waals surface area contributed by atoms with Crippen LogP contribution >= 0.6 is 22.9 Å². The van der Waals surface area contributed by atoms with Crippen LogP contribution in [0.1, 0.15) is 16.5 Å². The van der Waals surface area contributed by atoms with Crippen molar-refractivity contribution in [2.45, 2.75) is 12.5 Å². The van der Waals surface area contributed by atoms with Gasteiger partial charge in [0.15, 0.2) is 0 Å². The highest BCUT2D eigenvalue weighted by molar-refractivity contribution is 7.09. The lowest BCUT2D eigenvalue weighted by Crippen LogP contribution is -2.12. The first-order chi connectivity index (χ1) is 7.66. The first-order valence-corrected chi connectivity index (χ1v) is 6.00. The third-order valence-corrected chi connectivity index (χ3v) is 3.41. The molecule has 0 amide bonds. The summed E-state index contributed by atoms with van der Waals surface area (Å²) in [7, 11) is 0. The number of benzene rings is 1. The summed E-state index contributed by atoms with van der Waals surface area (Å²) in [4.78, 5) is 4.90. The van der Waals surface area contributed by atoms with Gasteiger partial charge in [0.1, 0.15) is 5.82 Å². The third-order valence-electron chi connectivity index (χ3n) is 2.27. The van der Waals surface area contributed by atoms with Crippen LogP contribution < -0.4 is 5.73 Å². The van der Waals surface area contributed by atoms with Crippen LogP contribution in [0.4, 0.5) is 4.39 Å². The van der Waals surface area contributed by atoms with E-state index in [9.17, 15) is 4.39 Å². The summed E-state index contributed by atoms with van der Waals surface area (Å²) in [6.45, 7) is 0. The molecule has 16 heavy (non-hydrogen) atoms. The fourth-order valence-corrected chi connectivity index (χ4v) is 2.22. The number of aromatic nitrogens is 1. The predicted octanol–water partition coefficient (Wildman–Crippen LogP) is 3.18. The van der Waals surface area contributed by atoms with E-state index in [-0.39, 0.29) is 11.9 Å². The van der Waals surface area contributed by atoms with Gasteiger partial charge in [-0.2, -0.15) is 0 Å². The molecule has 1 aromatic carbocycles. The Kier molecular flexibility index (Phi) is 3.53. The summed E-state index contributed by atoms with van der Waals surface area (Å²) in [5.74, 6) is -0.313. The molecule has 0 aliphatic rings. The quantitative estimate of drug-likeness (QED) is 0.916. The van der Waals surface area contributed by atoms with Gasteiger partial charge in [-0.1, -0.05) is 17.7 Å². The van der Waals surface area contributed by atoms with Gasteiger partial charge in [0.25, 0.3) is 0 Å². The lowest BCUT2D eigenvalue weighted by atomic mass is 10.1. The van der Waals surface area contributed by atoms with Crippen molar-refractivity contribution in [1.29, 1.82) is 0 Å². The fourth-order valence-electron chi connectivity index (χ4n) is 1.43. The van der Waals surface area contributed by atoms with Crippen LogP contribution in [0.3, 0.4) is 0 Å². The van der Waals surface area contributed by atoms with E-state index in [0.29, 0.717) is 17.0 Å². The van der Waals surface area contributed by atoms with Crippen LogP contribution in [0, 0.1) is 5.82 Å². The van der Waals surface area contributed by atoms with Crippen molar-refractivity contribution in [3.05, 3.63) is 51.2 Å². The molecule has 1 heterocycles. The number of nitrogens with two attached hydrogens (primary N) is 1. The minimum Gasteiger partial charge on any atom is -0.323 e. The van der Waals surface area contributed by atoms with Crippen molar-refractivity contribution in [3.63, 3.8) is 0 Å². The molecule has 2 nitrogen and oxygen atoms in total. The molecule has 2 aromatic rings. The fraction of sp³-hybridized carbons (Fsp3) is 0.182. The topological polar surface area (TPSA) is 38.9 Å². The van der Waals surface area contributed by atoms with Gasteiger partial charge in [-0.3, -0.25) is 4.98 Å². The maximum absolute atomic E-state index is 13.5. The maximum atomic E-state index is 13.5. The molecule has 1 atom stereocenters. The highest BCUT2D eigenvalue weighted by Crippen LogP contribution is 2.22. The van der Waals surface area contributed by atoms with Crippen molar-refractivity contribution in [1.82, 2.24) is 4.98 Å². The van der Waals surface area contributed by atoms with E-state index in [0.717, 1.165) is 4.88 Å². The highest BCUT2D eigenvalue weighted by Gasteiger charge is 2.11. The van der Waals surface area contributed by atoms with Crippen LogP contribution in [-0.2, 0) is 6.42 Å². The average Bonchev–Trinajstić information content (AvgIpc) is 2.75. The van der Waals surface area contributed by atoms with Crippen molar-refractivity contribution in [3.8, 4) is 0 Å². The molecular formula is C11H10ClFN2S. The second kappa shape index (κ2) is 4.91. The zero-order valence-electron chi connectivity index (χ0n) is 8.36. The SMILES string of the molecule is NC(Cc1ccc(Cl)cc1F)c1cncs1. The number of hydrogen-bond donors (Lipinski definition) is 1. The third kappa shape index (κ3) is 2.58. The van der Waals surface area contributed by atoms with E-state index in [1.165, 1.54) is 17.4 Å². The Hall–Kier alpha value is -0.970. The van der Waals surface area contributed by atoms with Crippen LogP contribution in [0.25, 0.3) is 0 Å². The first-order valence-electron chi connectivity index (χ1n) is 4.74. The summed E-state index contributed by atoms with van der Waals surface area (Å²) >= 11 is 7.15. The van der Waals surface area contributed by atoms with Crippen LogP contribution in [0.2, 0.25) is 5.02 Å². The standard InChI is InChI=1S/C11H10ClFN2S/c12-8-2-1-7(9(13)4-8)3-10(14)11-5-15-6-16-11/h1-2,4-6,10H,3,14H2. The molecule has 2 N–H and O–H groups in total. The Balaban J connectivity index is 2.15. The zero-order valence-corrected chi connectivity index (χ0v) is 9.93. The van der Waals surface area contributed by atoms with Gasteiger partial charge in [-0.15, -0.1) is 11.3 Å². The minimum absolute atomic E-state index is 0.219. The minimum atomic E-state index is -0.313. The molecule has 2 rings (SSSR count). The number of hydrogen-bond acceptors (Lipinski definition) is 3. The Morgan fingerprint density at radius 3 is 2.94 bits per heavy atom. The smallest absolute Gasteiger partial charge is 0.127 e. The van der Waals surface area contributed by atoms with Gasteiger partial charge in [-0.05, 0) is 24.1 Å². The van der Waals surface area contributed by atoms with E-state index in [1.54, 1.807) is 23.8 Å². The molecule has 0 radical (unpaired) electrons. The summed E-state index contributed by atoms with van der Waals surface area (Å²) in [5, 5.41) is 0.396. The number of rotatable bonds is 3. The predicted molar refractivity (Wildman–Crippen MR) is 64.2 cm³/mol. The molecule has 0 fully saturated rings. The van der Waals surface area contributed by atoms with Gasteiger partial charge in [0, 0.05) is 22.1 Å². The summed E-state index contributed by atoms with van der Waals surface area (Å²) in [5.41, 5.74) is 8.24. The molecule has 0 spiro atoms. The first kappa shape index (κ1) is 11.5. The largest absolute Gasteiger partial charge is 0.323 e. The second-order valence-electron chi connectivity index (χ2n) is 3.45. The zero-order chi connectivity index (χ0) is 11.5. The van der Waals surface area contributed by atoms with Crippen molar-refractivity contribution < 1.29 is 4.39 Å². The van der Waals surface area contributed by atoms with Gasteiger partial charge in [0.2, 0.25) is 0 Å².